The van der Waals surface area contributed by atoms with Crippen LogP contribution in [0.4, 0.5) is 4.79 Å². The number of amides is 2. The Balaban J connectivity index is 2.34. The molecule has 0 heterocycles. The number of benzene rings is 1. The lowest BCUT2D eigenvalue weighted by Crippen LogP contribution is -2.38. The number of allylic oxidation sites excluding steroid dienone is 1. The molecule has 0 spiro atoms. The van der Waals surface area contributed by atoms with E-state index in [-0.39, 0.29) is 12.6 Å². The molecule has 0 aromatic heterocycles. The van der Waals surface area contributed by atoms with Gasteiger partial charge in [-0.15, -0.1) is 0 Å². The van der Waals surface area contributed by atoms with Crippen LogP contribution in [0.25, 0.3) is 0 Å². The van der Waals surface area contributed by atoms with Gasteiger partial charge in [-0.25, -0.2) is 4.79 Å². The predicted molar refractivity (Wildman–Crippen MR) is 78.8 cm³/mol. The van der Waals surface area contributed by atoms with Gasteiger partial charge in [-0.2, -0.15) is 0 Å². The Morgan fingerprint density at radius 2 is 2.25 bits per heavy atom. The maximum Gasteiger partial charge on any atom is 0.314 e. The van der Waals surface area contributed by atoms with E-state index >= 15 is 0 Å². The Hall–Kier alpha value is -2.01. The first-order valence-electron chi connectivity index (χ1n) is 6.62. The summed E-state index contributed by atoms with van der Waals surface area (Å²) in [6, 6.07) is 6.86. The van der Waals surface area contributed by atoms with Crippen molar-refractivity contribution in [2.45, 2.75) is 19.4 Å². The number of nitrogens with one attached hydrogen (secondary N) is 2. The fourth-order valence-corrected chi connectivity index (χ4v) is 1.65. The number of aliphatic hydroxyl groups excluding tert-OH is 1. The number of carbonyl (C=O) groups is 1. The van der Waals surface area contributed by atoms with E-state index in [1.165, 1.54) is 0 Å². The lowest BCUT2D eigenvalue weighted by molar-refractivity contribution is 0.173. The van der Waals surface area contributed by atoms with Crippen LogP contribution in [0.5, 0.6) is 5.75 Å². The third-order valence-corrected chi connectivity index (χ3v) is 2.77. The Morgan fingerprint density at radius 1 is 1.45 bits per heavy atom. The van der Waals surface area contributed by atoms with Gasteiger partial charge in [0.25, 0.3) is 0 Å². The van der Waals surface area contributed by atoms with Gasteiger partial charge >= 0.3 is 6.03 Å². The summed E-state index contributed by atoms with van der Waals surface area (Å²) < 4.78 is 5.09. The van der Waals surface area contributed by atoms with Crippen molar-refractivity contribution in [2.75, 3.05) is 20.2 Å². The number of rotatable bonds is 7. The van der Waals surface area contributed by atoms with Crippen molar-refractivity contribution in [3.05, 3.63) is 42.0 Å². The van der Waals surface area contributed by atoms with E-state index in [0.29, 0.717) is 17.9 Å². The summed E-state index contributed by atoms with van der Waals surface area (Å²) in [6.45, 7) is 2.67. The highest BCUT2D eigenvalue weighted by molar-refractivity contribution is 5.73. The van der Waals surface area contributed by atoms with Gasteiger partial charge in [0, 0.05) is 13.1 Å². The standard InChI is InChI=1S/C15H22N2O3/c1-3-4-5-9-16-15(19)17-11-14(18)12-7-6-8-13(10-12)20-2/h3-4,6-8,10,14,18H,5,9,11H2,1-2H3,(H2,16,17,19). The highest BCUT2D eigenvalue weighted by Gasteiger charge is 2.09. The zero-order valence-electron chi connectivity index (χ0n) is 11.9. The van der Waals surface area contributed by atoms with Crippen molar-refractivity contribution < 1.29 is 14.6 Å². The van der Waals surface area contributed by atoms with Gasteiger partial charge in [-0.1, -0.05) is 24.3 Å². The molecule has 20 heavy (non-hydrogen) atoms. The summed E-state index contributed by atoms with van der Waals surface area (Å²) in [5.41, 5.74) is 0.707. The van der Waals surface area contributed by atoms with Gasteiger partial charge in [-0.05, 0) is 31.0 Å². The SMILES string of the molecule is CC=CCCNC(=O)NCC(O)c1cccc(OC)c1. The normalized spacial score (nSPS) is 12.2. The topological polar surface area (TPSA) is 70.6 Å². The molecule has 1 aromatic carbocycles. The zero-order valence-corrected chi connectivity index (χ0v) is 11.9. The summed E-state index contributed by atoms with van der Waals surface area (Å²) in [5, 5.41) is 15.3. The minimum absolute atomic E-state index is 0.155. The first kappa shape index (κ1) is 16.0. The van der Waals surface area contributed by atoms with Gasteiger partial charge in [0.05, 0.1) is 13.2 Å². The summed E-state index contributed by atoms with van der Waals surface area (Å²) in [6.07, 6.45) is 3.95. The summed E-state index contributed by atoms with van der Waals surface area (Å²) >= 11 is 0. The van der Waals surface area contributed by atoms with E-state index in [9.17, 15) is 9.90 Å². The molecule has 3 N–H and O–H groups in total. The lowest BCUT2D eigenvalue weighted by atomic mass is 10.1. The van der Waals surface area contributed by atoms with Gasteiger partial charge in [0.15, 0.2) is 0 Å². The average Bonchev–Trinajstić information content (AvgIpc) is 2.49. The molecular formula is C15H22N2O3. The average molecular weight is 278 g/mol. The first-order chi connectivity index (χ1) is 9.67. The van der Waals surface area contributed by atoms with Crippen molar-refractivity contribution in [3.63, 3.8) is 0 Å². The van der Waals surface area contributed by atoms with Crippen LogP contribution >= 0.6 is 0 Å². The van der Waals surface area contributed by atoms with Crippen LogP contribution in [0.2, 0.25) is 0 Å². The molecular weight excluding hydrogens is 256 g/mol. The molecule has 0 radical (unpaired) electrons. The van der Waals surface area contributed by atoms with E-state index in [4.69, 9.17) is 4.74 Å². The Bertz CT molecular complexity index is 446. The molecule has 1 aromatic rings. The van der Waals surface area contributed by atoms with Gasteiger partial charge in [-0.3, -0.25) is 0 Å². The molecule has 0 bridgehead atoms. The molecule has 1 unspecified atom stereocenters. The number of aliphatic hydroxyl groups is 1. The summed E-state index contributed by atoms with van der Waals surface area (Å²) in [5.74, 6) is 0.678. The molecule has 0 saturated heterocycles. The first-order valence-corrected chi connectivity index (χ1v) is 6.62. The number of carbonyl (C=O) groups excluding carboxylic acids is 1. The third kappa shape index (κ3) is 5.75. The van der Waals surface area contributed by atoms with Crippen LogP contribution in [0.3, 0.4) is 0 Å². The molecule has 0 aliphatic carbocycles. The van der Waals surface area contributed by atoms with E-state index in [1.54, 1.807) is 31.4 Å². The third-order valence-electron chi connectivity index (χ3n) is 2.77. The molecule has 110 valence electrons. The summed E-state index contributed by atoms with van der Waals surface area (Å²) in [4.78, 5) is 11.5. The van der Waals surface area contributed by atoms with Crippen molar-refractivity contribution in [1.29, 1.82) is 0 Å². The lowest BCUT2D eigenvalue weighted by Gasteiger charge is -2.13. The second-order valence-corrected chi connectivity index (χ2v) is 4.29. The molecule has 2 amide bonds. The van der Waals surface area contributed by atoms with Crippen LogP contribution in [-0.4, -0.2) is 31.3 Å². The van der Waals surface area contributed by atoms with Crippen molar-refractivity contribution in [1.82, 2.24) is 10.6 Å². The molecule has 0 aliphatic rings. The molecule has 0 saturated carbocycles. The fraction of sp³-hybridized carbons (Fsp3) is 0.400. The quantitative estimate of drug-likeness (QED) is 0.527. The highest BCUT2D eigenvalue weighted by atomic mass is 16.5. The van der Waals surface area contributed by atoms with Crippen LogP contribution in [-0.2, 0) is 0 Å². The molecule has 1 atom stereocenters. The largest absolute Gasteiger partial charge is 0.497 e. The number of hydrogen-bond donors (Lipinski definition) is 3. The molecule has 1 rings (SSSR count). The number of urea groups is 1. The van der Waals surface area contributed by atoms with E-state index in [1.807, 2.05) is 19.1 Å². The smallest absolute Gasteiger partial charge is 0.314 e. The van der Waals surface area contributed by atoms with Crippen LogP contribution < -0.4 is 15.4 Å². The predicted octanol–water partition coefficient (Wildman–Crippen LogP) is 1.99. The fourth-order valence-electron chi connectivity index (χ4n) is 1.65. The Morgan fingerprint density at radius 3 is 2.95 bits per heavy atom. The van der Waals surface area contributed by atoms with Gasteiger partial charge in [0.2, 0.25) is 0 Å². The second kappa shape index (κ2) is 8.98. The van der Waals surface area contributed by atoms with Crippen molar-refractivity contribution >= 4 is 6.03 Å². The highest BCUT2D eigenvalue weighted by Crippen LogP contribution is 2.18. The maximum atomic E-state index is 11.5. The van der Waals surface area contributed by atoms with Gasteiger partial charge < -0.3 is 20.5 Å². The van der Waals surface area contributed by atoms with Crippen LogP contribution in [0.1, 0.15) is 25.0 Å². The van der Waals surface area contributed by atoms with Crippen molar-refractivity contribution in [3.8, 4) is 5.75 Å². The van der Waals surface area contributed by atoms with E-state index in [0.717, 1.165) is 6.42 Å². The van der Waals surface area contributed by atoms with Crippen LogP contribution in [0.15, 0.2) is 36.4 Å². The number of hydrogen-bond acceptors (Lipinski definition) is 3. The Kier molecular flexibility index (Phi) is 7.21. The zero-order chi connectivity index (χ0) is 14.8. The number of methoxy groups -OCH3 is 1. The van der Waals surface area contributed by atoms with Crippen LogP contribution in [0, 0.1) is 0 Å². The molecule has 5 nitrogen and oxygen atoms in total. The van der Waals surface area contributed by atoms with E-state index in [2.05, 4.69) is 10.6 Å². The monoisotopic (exact) mass is 278 g/mol. The number of ether oxygens (including phenoxy) is 1. The second-order valence-electron chi connectivity index (χ2n) is 4.29. The van der Waals surface area contributed by atoms with E-state index < -0.39 is 6.10 Å². The minimum atomic E-state index is -0.758. The molecule has 0 fully saturated rings. The van der Waals surface area contributed by atoms with Crippen molar-refractivity contribution in [2.24, 2.45) is 0 Å². The Labute approximate surface area is 119 Å². The maximum absolute atomic E-state index is 11.5. The molecule has 5 heteroatoms. The van der Waals surface area contributed by atoms with Gasteiger partial charge in [0.1, 0.15) is 5.75 Å². The molecule has 0 aliphatic heterocycles. The summed E-state index contributed by atoms with van der Waals surface area (Å²) in [7, 11) is 1.57. The minimum Gasteiger partial charge on any atom is -0.497 e.